The van der Waals surface area contributed by atoms with E-state index in [1.807, 2.05) is 0 Å². The van der Waals surface area contributed by atoms with Gasteiger partial charge in [-0.2, -0.15) is 5.26 Å². The summed E-state index contributed by atoms with van der Waals surface area (Å²) >= 11 is 0. The van der Waals surface area contributed by atoms with Crippen molar-refractivity contribution in [1.29, 1.82) is 5.26 Å². The van der Waals surface area contributed by atoms with Gasteiger partial charge in [-0.1, -0.05) is 34.1 Å². The molecule has 3 heteroatoms. The maximum Gasteiger partial charge on any atom is 0.139 e. The van der Waals surface area contributed by atoms with Gasteiger partial charge < -0.3 is 5.11 Å². The predicted molar refractivity (Wildman–Crippen MR) is 115 cm³/mol. The van der Waals surface area contributed by atoms with E-state index in [-0.39, 0.29) is 28.8 Å². The number of nitrogens with zero attached hydrogens (tertiary/aromatic N) is 1. The van der Waals surface area contributed by atoms with E-state index in [2.05, 4.69) is 33.8 Å². The fourth-order valence-corrected chi connectivity index (χ4v) is 9.07. The van der Waals surface area contributed by atoms with Gasteiger partial charge in [0.15, 0.2) is 0 Å². The zero-order valence-corrected chi connectivity index (χ0v) is 19.0. The molecule has 0 bridgehead atoms. The minimum Gasteiger partial charge on any atom is -0.393 e. The van der Waals surface area contributed by atoms with Gasteiger partial charge in [-0.25, -0.2) is 0 Å². The quantitative estimate of drug-likeness (QED) is 0.653. The minimum atomic E-state index is -0.215. The first kappa shape index (κ1) is 21.4. The fourth-order valence-electron chi connectivity index (χ4n) is 9.07. The largest absolute Gasteiger partial charge is 0.393 e. The third kappa shape index (κ3) is 3.12. The molecule has 0 spiro atoms. The zero-order chi connectivity index (χ0) is 21.0. The van der Waals surface area contributed by atoms with Gasteiger partial charge in [-0.15, -0.1) is 0 Å². The molecule has 4 fully saturated rings. The van der Waals surface area contributed by atoms with Crippen LogP contribution in [-0.2, 0) is 4.79 Å². The Labute approximate surface area is 177 Å². The van der Waals surface area contributed by atoms with Crippen LogP contribution in [0.25, 0.3) is 0 Å². The van der Waals surface area contributed by atoms with Gasteiger partial charge in [0.25, 0.3) is 0 Å². The van der Waals surface area contributed by atoms with Crippen molar-refractivity contribution in [2.24, 2.45) is 52.3 Å². The van der Waals surface area contributed by atoms with Gasteiger partial charge in [-0.05, 0) is 91.8 Å². The van der Waals surface area contributed by atoms with Gasteiger partial charge in [-0.3, -0.25) is 4.79 Å². The highest BCUT2D eigenvalue weighted by Crippen LogP contribution is 2.68. The molecule has 0 aromatic rings. The molecule has 4 aliphatic carbocycles. The lowest BCUT2D eigenvalue weighted by Crippen LogP contribution is -2.60. The Balaban J connectivity index is 1.69. The highest BCUT2D eigenvalue weighted by atomic mass is 16.3. The molecule has 29 heavy (non-hydrogen) atoms. The second-order valence-corrected chi connectivity index (χ2v) is 11.6. The van der Waals surface area contributed by atoms with Crippen LogP contribution in [-0.4, -0.2) is 17.0 Å². The van der Waals surface area contributed by atoms with Crippen LogP contribution in [0.15, 0.2) is 0 Å². The summed E-state index contributed by atoms with van der Waals surface area (Å²) < 4.78 is 0. The summed E-state index contributed by atoms with van der Waals surface area (Å²) in [6.45, 7) is 9.40. The van der Waals surface area contributed by atoms with Crippen LogP contribution in [0.4, 0.5) is 0 Å². The molecule has 0 radical (unpaired) electrons. The summed E-state index contributed by atoms with van der Waals surface area (Å²) in [5, 5.41) is 19.7. The Morgan fingerprint density at radius 2 is 1.79 bits per heavy atom. The number of Topliss-reactive ketones (excluding diaryl/α,β-unsaturated/α-hetero) is 1. The smallest absolute Gasteiger partial charge is 0.139 e. The highest BCUT2D eigenvalue weighted by Gasteiger charge is 2.65. The van der Waals surface area contributed by atoms with Crippen LogP contribution < -0.4 is 0 Å². The lowest BCUT2D eigenvalue weighted by molar-refractivity contribution is -0.173. The van der Waals surface area contributed by atoms with Gasteiger partial charge in [0.05, 0.1) is 12.2 Å². The van der Waals surface area contributed by atoms with Crippen molar-refractivity contribution in [3.8, 4) is 6.07 Å². The molecule has 0 saturated heterocycles. The number of aliphatic hydroxyl groups excluding tert-OH is 1. The number of hydrogen-bond acceptors (Lipinski definition) is 3. The van der Waals surface area contributed by atoms with Crippen LogP contribution in [0.3, 0.4) is 0 Å². The number of aliphatic hydroxyl groups is 1. The highest BCUT2D eigenvalue weighted by molar-refractivity contribution is 5.86. The van der Waals surface area contributed by atoms with E-state index in [4.69, 9.17) is 0 Å². The molecule has 162 valence electrons. The van der Waals surface area contributed by atoms with Crippen LogP contribution in [0.2, 0.25) is 0 Å². The number of ketones is 1. The Morgan fingerprint density at radius 1 is 1.10 bits per heavy atom. The number of rotatable bonds is 4. The molecule has 0 aromatic carbocycles. The number of nitriles is 1. The number of carbonyl (C=O) groups is 1. The van der Waals surface area contributed by atoms with Crippen molar-refractivity contribution in [3.05, 3.63) is 0 Å². The third-order valence-electron chi connectivity index (χ3n) is 10.5. The van der Waals surface area contributed by atoms with Crippen molar-refractivity contribution < 1.29 is 9.90 Å². The normalized spacial score (nSPS) is 50.2. The first-order chi connectivity index (χ1) is 13.8. The van der Waals surface area contributed by atoms with E-state index in [0.29, 0.717) is 41.8 Å². The van der Waals surface area contributed by atoms with Crippen LogP contribution in [0, 0.1) is 63.6 Å². The monoisotopic (exact) mass is 399 g/mol. The van der Waals surface area contributed by atoms with Crippen LogP contribution >= 0.6 is 0 Å². The fraction of sp³-hybridized carbons (Fsp3) is 0.923. The van der Waals surface area contributed by atoms with Crippen LogP contribution in [0.1, 0.15) is 91.9 Å². The first-order valence-electron chi connectivity index (χ1n) is 12.4. The van der Waals surface area contributed by atoms with E-state index in [1.54, 1.807) is 0 Å². The number of hydrogen-bond donors (Lipinski definition) is 1. The summed E-state index contributed by atoms with van der Waals surface area (Å²) in [6.07, 6.45) is 10.1. The molecular formula is C26H41NO2. The van der Waals surface area contributed by atoms with Crippen molar-refractivity contribution >= 4 is 5.78 Å². The molecule has 4 rings (SSSR count). The maximum atomic E-state index is 14.0. The molecule has 4 saturated carbocycles. The molecule has 4 aliphatic rings. The van der Waals surface area contributed by atoms with Gasteiger partial charge in [0.2, 0.25) is 0 Å². The van der Waals surface area contributed by atoms with Gasteiger partial charge in [0.1, 0.15) is 5.78 Å². The SMILES string of the molecule is CCC[C@@H]1C(=O)C2C3CCC([C@H](C)CC#N)[C@@]3(C)CCC2[C@@]2(C)CC[C@@H](O)C[C@@H]12. The molecule has 0 amide bonds. The standard InChI is InChI=1S/C26H41NO2/c1-5-6-18-22-15-17(28)9-12-26(22,4)21-10-13-25(3)19(16(2)11-14-27)7-8-20(25)23(21)24(18)29/h16-23,28H,5-13,15H2,1-4H3/t16-,17-,18+,19?,20?,21?,22+,23?,25-,26-/m1/s1. The molecule has 0 heterocycles. The Bertz CT molecular complexity index is 683. The van der Waals surface area contributed by atoms with E-state index in [0.717, 1.165) is 32.1 Å². The van der Waals surface area contributed by atoms with Gasteiger partial charge >= 0.3 is 0 Å². The van der Waals surface area contributed by atoms with Crippen molar-refractivity contribution in [1.82, 2.24) is 0 Å². The number of fused-ring (bicyclic) bond motifs is 5. The summed E-state index contributed by atoms with van der Waals surface area (Å²) in [5.41, 5.74) is 0.441. The average molecular weight is 400 g/mol. The lowest BCUT2D eigenvalue weighted by Gasteiger charge is -2.62. The molecule has 0 aromatic heterocycles. The predicted octanol–water partition coefficient (Wildman–Crippen LogP) is 5.76. The topological polar surface area (TPSA) is 61.1 Å². The minimum absolute atomic E-state index is 0.152. The molecular weight excluding hydrogens is 358 g/mol. The molecule has 1 N–H and O–H groups in total. The Hall–Kier alpha value is -0.880. The Kier molecular flexibility index (Phi) is 5.65. The number of carbonyl (C=O) groups excluding carboxylic acids is 1. The molecule has 4 unspecified atom stereocenters. The summed E-state index contributed by atoms with van der Waals surface area (Å²) in [5.74, 6) is 3.33. The van der Waals surface area contributed by atoms with E-state index >= 15 is 0 Å². The van der Waals surface area contributed by atoms with E-state index in [9.17, 15) is 15.2 Å². The second-order valence-electron chi connectivity index (χ2n) is 11.6. The van der Waals surface area contributed by atoms with Crippen molar-refractivity contribution in [2.75, 3.05) is 0 Å². The van der Waals surface area contributed by atoms with E-state index < -0.39 is 0 Å². The maximum absolute atomic E-state index is 14.0. The van der Waals surface area contributed by atoms with E-state index in [1.165, 1.54) is 25.7 Å². The van der Waals surface area contributed by atoms with Gasteiger partial charge in [0, 0.05) is 18.3 Å². The second kappa shape index (κ2) is 7.67. The summed E-state index contributed by atoms with van der Waals surface area (Å²) in [4.78, 5) is 14.0. The van der Waals surface area contributed by atoms with Crippen LogP contribution in [0.5, 0.6) is 0 Å². The molecule has 0 aliphatic heterocycles. The Morgan fingerprint density at radius 3 is 2.48 bits per heavy atom. The molecule has 10 atom stereocenters. The van der Waals surface area contributed by atoms with Crippen molar-refractivity contribution in [2.45, 2.75) is 98.0 Å². The summed E-state index contributed by atoms with van der Waals surface area (Å²) in [7, 11) is 0. The zero-order valence-electron chi connectivity index (χ0n) is 19.0. The third-order valence-corrected chi connectivity index (χ3v) is 10.5. The lowest BCUT2D eigenvalue weighted by atomic mass is 9.41. The average Bonchev–Trinajstić information content (AvgIpc) is 3.03. The van der Waals surface area contributed by atoms with Crippen molar-refractivity contribution in [3.63, 3.8) is 0 Å². The first-order valence-corrected chi connectivity index (χ1v) is 12.4. The summed E-state index contributed by atoms with van der Waals surface area (Å²) in [6, 6.07) is 2.40. The molecule has 3 nitrogen and oxygen atoms in total.